The fourth-order valence-corrected chi connectivity index (χ4v) is 3.44. The zero-order valence-corrected chi connectivity index (χ0v) is 15.4. The van der Waals surface area contributed by atoms with Crippen molar-refractivity contribution in [2.45, 2.75) is 44.7 Å². The second-order valence-corrected chi connectivity index (χ2v) is 7.00. The summed E-state index contributed by atoms with van der Waals surface area (Å²) in [7, 11) is 1.57. The molecule has 1 aliphatic heterocycles. The lowest BCUT2D eigenvalue weighted by atomic mass is 9.87. The van der Waals surface area contributed by atoms with Crippen molar-refractivity contribution in [3.8, 4) is 5.75 Å². The largest absolute Gasteiger partial charge is 0.497 e. The molecule has 1 heterocycles. The molecule has 7 nitrogen and oxygen atoms in total. The Hall–Kier alpha value is -2.57. The van der Waals surface area contributed by atoms with Gasteiger partial charge in [0, 0.05) is 6.04 Å². The molecule has 0 bridgehead atoms. The Kier molecular flexibility index (Phi) is 4.89. The average Bonchev–Trinajstić information content (AvgIpc) is 3.45. The summed E-state index contributed by atoms with van der Waals surface area (Å²) in [5, 5.41) is 5.66. The number of rotatable bonds is 7. The van der Waals surface area contributed by atoms with Gasteiger partial charge in [0.25, 0.3) is 5.91 Å². The molecule has 4 amide bonds. The maximum Gasteiger partial charge on any atom is 0.325 e. The summed E-state index contributed by atoms with van der Waals surface area (Å²) in [6.45, 7) is 3.52. The van der Waals surface area contributed by atoms with Gasteiger partial charge in [0.15, 0.2) is 0 Å². The molecule has 2 N–H and O–H groups in total. The number of methoxy groups -OCH3 is 1. The van der Waals surface area contributed by atoms with Crippen molar-refractivity contribution < 1.29 is 19.1 Å². The zero-order valence-electron chi connectivity index (χ0n) is 15.4. The molecule has 0 unspecified atom stereocenters. The maximum atomic E-state index is 13.0. The predicted octanol–water partition coefficient (Wildman–Crippen LogP) is 1.77. The number of nitrogens with zero attached hydrogens (tertiary/aromatic N) is 1. The number of imide groups is 1. The third kappa shape index (κ3) is 3.25. The Morgan fingerprint density at radius 3 is 2.54 bits per heavy atom. The van der Waals surface area contributed by atoms with Gasteiger partial charge >= 0.3 is 6.03 Å². The number of hydrogen-bond donors (Lipinski definition) is 2. The number of nitrogens with one attached hydrogen (secondary N) is 2. The Bertz CT molecular complexity index is 714. The molecule has 2 atom stereocenters. The highest BCUT2D eigenvalue weighted by Crippen LogP contribution is 2.34. The van der Waals surface area contributed by atoms with Gasteiger partial charge < -0.3 is 15.4 Å². The van der Waals surface area contributed by atoms with E-state index in [-0.39, 0.29) is 18.5 Å². The van der Waals surface area contributed by atoms with Crippen molar-refractivity contribution in [3.05, 3.63) is 29.8 Å². The monoisotopic (exact) mass is 359 g/mol. The summed E-state index contributed by atoms with van der Waals surface area (Å²) >= 11 is 0. The van der Waals surface area contributed by atoms with Crippen LogP contribution in [-0.4, -0.2) is 42.4 Å². The van der Waals surface area contributed by atoms with E-state index in [1.165, 1.54) is 0 Å². The highest BCUT2D eigenvalue weighted by molar-refractivity contribution is 6.09. The van der Waals surface area contributed by atoms with E-state index in [2.05, 4.69) is 10.6 Å². The van der Waals surface area contributed by atoms with E-state index in [9.17, 15) is 14.4 Å². The van der Waals surface area contributed by atoms with Gasteiger partial charge in [-0.2, -0.15) is 0 Å². The Morgan fingerprint density at radius 1 is 1.35 bits per heavy atom. The smallest absolute Gasteiger partial charge is 0.325 e. The van der Waals surface area contributed by atoms with E-state index < -0.39 is 17.5 Å². The summed E-state index contributed by atoms with van der Waals surface area (Å²) < 4.78 is 5.15. The van der Waals surface area contributed by atoms with Crippen molar-refractivity contribution >= 4 is 17.8 Å². The Balaban J connectivity index is 1.75. The van der Waals surface area contributed by atoms with Gasteiger partial charge in [0.05, 0.1) is 7.11 Å². The number of amides is 4. The lowest BCUT2D eigenvalue weighted by molar-refractivity contribution is -0.135. The topological polar surface area (TPSA) is 87.7 Å². The molecule has 1 saturated carbocycles. The minimum atomic E-state index is -1.15. The number of carbonyl (C=O) groups excluding carboxylic acids is 3. The molecule has 2 fully saturated rings. The van der Waals surface area contributed by atoms with E-state index in [1.54, 1.807) is 31.4 Å². The van der Waals surface area contributed by atoms with Crippen LogP contribution in [-0.2, 0) is 15.1 Å². The summed E-state index contributed by atoms with van der Waals surface area (Å²) in [6, 6.07) is 6.55. The molecule has 3 rings (SSSR count). The number of hydrogen-bond acceptors (Lipinski definition) is 4. The first-order valence-corrected chi connectivity index (χ1v) is 8.99. The molecule has 1 aromatic rings. The van der Waals surface area contributed by atoms with E-state index in [0.717, 1.165) is 17.7 Å². The van der Waals surface area contributed by atoms with Crippen LogP contribution in [0, 0.1) is 5.92 Å². The molecular weight excluding hydrogens is 334 g/mol. The van der Waals surface area contributed by atoms with Crippen LogP contribution in [0.4, 0.5) is 4.79 Å². The minimum absolute atomic E-state index is 0.0702. The number of ether oxygens (including phenoxy) is 1. The molecule has 1 saturated heterocycles. The highest BCUT2D eigenvalue weighted by atomic mass is 16.5. The van der Waals surface area contributed by atoms with Crippen LogP contribution in [0.15, 0.2) is 24.3 Å². The molecule has 1 aliphatic carbocycles. The Labute approximate surface area is 153 Å². The average molecular weight is 359 g/mol. The van der Waals surface area contributed by atoms with Gasteiger partial charge in [-0.15, -0.1) is 0 Å². The molecule has 7 heteroatoms. The van der Waals surface area contributed by atoms with Crippen LogP contribution < -0.4 is 15.4 Å². The van der Waals surface area contributed by atoms with Gasteiger partial charge in [-0.05, 0) is 49.8 Å². The van der Waals surface area contributed by atoms with E-state index >= 15 is 0 Å². The van der Waals surface area contributed by atoms with E-state index in [0.29, 0.717) is 23.7 Å². The van der Waals surface area contributed by atoms with Gasteiger partial charge in [-0.25, -0.2) is 4.79 Å². The van der Waals surface area contributed by atoms with Crippen LogP contribution in [0.25, 0.3) is 0 Å². The number of carbonyl (C=O) groups is 3. The normalized spacial score (nSPS) is 23.6. The lowest BCUT2D eigenvalue weighted by Gasteiger charge is -2.26. The van der Waals surface area contributed by atoms with Gasteiger partial charge in [-0.1, -0.05) is 19.1 Å². The minimum Gasteiger partial charge on any atom is -0.497 e. The number of benzene rings is 1. The van der Waals surface area contributed by atoms with Crippen LogP contribution in [0.5, 0.6) is 5.75 Å². The highest BCUT2D eigenvalue weighted by Gasteiger charge is 2.51. The van der Waals surface area contributed by atoms with Crippen molar-refractivity contribution in [2.24, 2.45) is 5.92 Å². The third-order valence-corrected chi connectivity index (χ3v) is 5.31. The van der Waals surface area contributed by atoms with Crippen LogP contribution in [0.3, 0.4) is 0 Å². The van der Waals surface area contributed by atoms with Gasteiger partial charge in [0.2, 0.25) is 5.91 Å². The van der Waals surface area contributed by atoms with E-state index in [4.69, 9.17) is 4.74 Å². The summed E-state index contributed by atoms with van der Waals surface area (Å²) in [5.41, 5.74) is -0.473. The lowest BCUT2D eigenvalue weighted by Crippen LogP contribution is -2.46. The SMILES string of the molecule is CC[C@]1(c2ccc(OC)cc2)NC(=O)N(CC(=O)N[C@@H](C)C2CC2)C1=O. The first-order chi connectivity index (χ1) is 12.4. The fourth-order valence-electron chi connectivity index (χ4n) is 3.44. The standard InChI is InChI=1S/C19H25N3O4/c1-4-19(14-7-9-15(26-3)10-8-14)17(24)22(18(25)21-19)11-16(23)20-12(2)13-5-6-13/h7-10,12-13H,4-6,11H2,1-3H3,(H,20,23)(H,21,25)/t12-,19+/m0/s1. The summed E-state index contributed by atoms with van der Waals surface area (Å²) in [5.74, 6) is 0.470. The van der Waals surface area contributed by atoms with Crippen LogP contribution >= 0.6 is 0 Å². The molecule has 0 radical (unpaired) electrons. The van der Waals surface area contributed by atoms with Crippen LogP contribution in [0.2, 0.25) is 0 Å². The summed E-state index contributed by atoms with van der Waals surface area (Å²) in [6.07, 6.45) is 2.61. The molecule has 1 aromatic carbocycles. The first kappa shape index (κ1) is 18.2. The van der Waals surface area contributed by atoms with E-state index in [1.807, 2.05) is 13.8 Å². The molecule has 0 aromatic heterocycles. The second-order valence-electron chi connectivity index (χ2n) is 7.00. The number of urea groups is 1. The van der Waals surface area contributed by atoms with Crippen molar-refractivity contribution in [1.29, 1.82) is 0 Å². The molecule has 2 aliphatic rings. The summed E-state index contributed by atoms with van der Waals surface area (Å²) in [4.78, 5) is 38.7. The predicted molar refractivity (Wildman–Crippen MR) is 95.5 cm³/mol. The second kappa shape index (κ2) is 6.97. The molecule has 26 heavy (non-hydrogen) atoms. The maximum absolute atomic E-state index is 13.0. The van der Waals surface area contributed by atoms with Crippen LogP contribution in [0.1, 0.15) is 38.7 Å². The molecule has 140 valence electrons. The van der Waals surface area contributed by atoms with Crippen molar-refractivity contribution in [1.82, 2.24) is 15.5 Å². The quantitative estimate of drug-likeness (QED) is 0.726. The zero-order chi connectivity index (χ0) is 18.9. The third-order valence-electron chi connectivity index (χ3n) is 5.31. The van der Waals surface area contributed by atoms with Crippen molar-refractivity contribution in [2.75, 3.05) is 13.7 Å². The Morgan fingerprint density at radius 2 is 2.00 bits per heavy atom. The van der Waals surface area contributed by atoms with Crippen molar-refractivity contribution in [3.63, 3.8) is 0 Å². The van der Waals surface area contributed by atoms with Gasteiger partial charge in [0.1, 0.15) is 17.8 Å². The van der Waals surface area contributed by atoms with Gasteiger partial charge in [-0.3, -0.25) is 14.5 Å². The fraction of sp³-hybridized carbons (Fsp3) is 0.526. The molecular formula is C19H25N3O4. The first-order valence-electron chi connectivity index (χ1n) is 8.99. The molecule has 0 spiro atoms.